The van der Waals surface area contributed by atoms with Crippen LogP contribution in [0.3, 0.4) is 0 Å². The van der Waals surface area contributed by atoms with E-state index in [1.165, 1.54) is 17.5 Å². The molecule has 2 heterocycles. The molecule has 0 spiro atoms. The number of nitrogens with zero attached hydrogens (tertiary/aromatic N) is 1. The fraction of sp³-hybridized carbons (Fsp3) is 0.417. The summed E-state index contributed by atoms with van der Waals surface area (Å²) in [5.41, 5.74) is 1.58. The van der Waals surface area contributed by atoms with Gasteiger partial charge in [-0.05, 0) is 19.5 Å². The van der Waals surface area contributed by atoms with Gasteiger partial charge in [-0.2, -0.15) is 0 Å². The smallest absolute Gasteiger partial charge is 0.242 e. The lowest BCUT2D eigenvalue weighted by atomic mass is 10.4. The lowest BCUT2D eigenvalue weighted by molar-refractivity contribution is 0.580. The minimum absolute atomic E-state index is 0.209. The summed E-state index contributed by atoms with van der Waals surface area (Å²) < 4.78 is 26.8. The Morgan fingerprint density at radius 1 is 1.40 bits per heavy atom. The van der Waals surface area contributed by atoms with Crippen molar-refractivity contribution in [3.63, 3.8) is 0 Å². The van der Waals surface area contributed by atoms with E-state index in [0.717, 1.165) is 22.9 Å². The van der Waals surface area contributed by atoms with E-state index in [2.05, 4.69) is 20.0 Å². The van der Waals surface area contributed by atoms with Crippen molar-refractivity contribution in [2.75, 3.05) is 6.54 Å². The predicted octanol–water partition coefficient (Wildman–Crippen LogP) is 1.37. The summed E-state index contributed by atoms with van der Waals surface area (Å²) in [4.78, 5) is 7.43. The molecule has 0 amide bonds. The fourth-order valence-electron chi connectivity index (χ4n) is 1.68. The molecule has 8 heteroatoms. The molecule has 0 fully saturated rings. The average molecular weight is 314 g/mol. The van der Waals surface area contributed by atoms with Gasteiger partial charge in [0.15, 0.2) is 0 Å². The molecular weight excluding hydrogens is 296 g/mol. The molecule has 3 N–H and O–H groups in total. The molecule has 0 aromatic carbocycles. The van der Waals surface area contributed by atoms with E-state index < -0.39 is 10.0 Å². The standard InChI is InChI=1S/C12H18N4O2S2/c1-3-13-5-10-4-12(7-14-10)20(17,18)15-6-11-8-19-9(2)16-11/h4,7-8,13-15H,3,5-6H2,1-2H3. The van der Waals surface area contributed by atoms with Crippen LogP contribution in [0.25, 0.3) is 0 Å². The summed E-state index contributed by atoms with van der Waals surface area (Å²) in [7, 11) is -3.50. The minimum Gasteiger partial charge on any atom is -0.363 e. The molecule has 110 valence electrons. The lowest BCUT2D eigenvalue weighted by Crippen LogP contribution is -2.23. The van der Waals surface area contributed by atoms with Crippen molar-refractivity contribution < 1.29 is 8.42 Å². The van der Waals surface area contributed by atoms with Crippen molar-refractivity contribution in [3.8, 4) is 0 Å². The monoisotopic (exact) mass is 314 g/mol. The Hall–Kier alpha value is -1.22. The highest BCUT2D eigenvalue weighted by atomic mass is 32.2. The van der Waals surface area contributed by atoms with E-state index in [1.54, 1.807) is 6.07 Å². The van der Waals surface area contributed by atoms with Crippen LogP contribution < -0.4 is 10.0 Å². The van der Waals surface area contributed by atoms with E-state index in [1.807, 2.05) is 19.2 Å². The Labute approximate surface area is 122 Å². The van der Waals surface area contributed by atoms with Gasteiger partial charge in [-0.25, -0.2) is 18.1 Å². The molecule has 6 nitrogen and oxygen atoms in total. The van der Waals surface area contributed by atoms with Gasteiger partial charge in [-0.3, -0.25) is 0 Å². The molecule has 0 atom stereocenters. The first-order chi connectivity index (χ1) is 9.51. The first kappa shape index (κ1) is 15.2. The topological polar surface area (TPSA) is 86.9 Å². The molecule has 0 aliphatic rings. The van der Waals surface area contributed by atoms with E-state index in [4.69, 9.17) is 0 Å². The first-order valence-corrected chi connectivity index (χ1v) is 8.66. The normalized spacial score (nSPS) is 11.9. The van der Waals surface area contributed by atoms with Gasteiger partial charge in [0.05, 0.1) is 22.1 Å². The molecule has 0 unspecified atom stereocenters. The van der Waals surface area contributed by atoms with Crippen LogP contribution in [0, 0.1) is 6.92 Å². The Morgan fingerprint density at radius 2 is 2.20 bits per heavy atom. The number of hydrogen-bond acceptors (Lipinski definition) is 5. The Kier molecular flexibility index (Phi) is 4.92. The zero-order chi connectivity index (χ0) is 14.6. The number of nitrogens with one attached hydrogen (secondary N) is 3. The molecule has 0 aliphatic carbocycles. The molecular formula is C12H18N4O2S2. The fourth-order valence-corrected chi connectivity index (χ4v) is 3.31. The van der Waals surface area contributed by atoms with Gasteiger partial charge in [0.1, 0.15) is 0 Å². The highest BCUT2D eigenvalue weighted by Gasteiger charge is 2.16. The van der Waals surface area contributed by atoms with Gasteiger partial charge in [-0.1, -0.05) is 6.92 Å². The number of aryl methyl sites for hydroxylation is 1. The van der Waals surface area contributed by atoms with Gasteiger partial charge in [-0.15, -0.1) is 11.3 Å². The number of hydrogen-bond donors (Lipinski definition) is 3. The molecule has 0 aliphatic heterocycles. The molecule has 0 saturated heterocycles. The molecule has 2 aromatic heterocycles. The molecule has 20 heavy (non-hydrogen) atoms. The molecule has 2 aromatic rings. The molecule has 2 rings (SSSR count). The second-order valence-corrected chi connectivity index (χ2v) is 7.15. The summed E-state index contributed by atoms with van der Waals surface area (Å²) in [5, 5.41) is 5.91. The van der Waals surface area contributed by atoms with Crippen molar-refractivity contribution in [2.24, 2.45) is 0 Å². The van der Waals surface area contributed by atoms with E-state index in [9.17, 15) is 8.42 Å². The van der Waals surface area contributed by atoms with Crippen molar-refractivity contribution in [2.45, 2.75) is 31.8 Å². The lowest BCUT2D eigenvalue weighted by Gasteiger charge is -2.02. The molecule has 0 radical (unpaired) electrons. The van der Waals surface area contributed by atoms with Crippen LogP contribution in [0.2, 0.25) is 0 Å². The third-order valence-corrected chi connectivity index (χ3v) is 4.90. The number of H-pyrrole nitrogens is 1. The number of thiazole rings is 1. The van der Waals surface area contributed by atoms with Crippen molar-refractivity contribution >= 4 is 21.4 Å². The van der Waals surface area contributed by atoms with Crippen LogP contribution in [0.5, 0.6) is 0 Å². The van der Waals surface area contributed by atoms with Gasteiger partial charge in [0, 0.05) is 23.8 Å². The van der Waals surface area contributed by atoms with Crippen molar-refractivity contribution in [3.05, 3.63) is 34.0 Å². The molecule has 0 bridgehead atoms. The Bertz CT molecular complexity index is 661. The van der Waals surface area contributed by atoms with Crippen molar-refractivity contribution in [1.29, 1.82) is 0 Å². The van der Waals surface area contributed by atoms with Crippen LogP contribution in [-0.2, 0) is 23.1 Å². The quantitative estimate of drug-likeness (QED) is 0.720. The Morgan fingerprint density at radius 3 is 2.85 bits per heavy atom. The highest BCUT2D eigenvalue weighted by Crippen LogP contribution is 2.12. The van der Waals surface area contributed by atoms with Crippen LogP contribution >= 0.6 is 11.3 Å². The second kappa shape index (κ2) is 6.49. The van der Waals surface area contributed by atoms with Gasteiger partial charge in [0.25, 0.3) is 0 Å². The average Bonchev–Trinajstić information content (AvgIpc) is 3.03. The maximum absolute atomic E-state index is 12.1. The first-order valence-electron chi connectivity index (χ1n) is 6.30. The maximum atomic E-state index is 12.1. The summed E-state index contributed by atoms with van der Waals surface area (Å²) in [6.07, 6.45) is 1.50. The summed E-state index contributed by atoms with van der Waals surface area (Å²) >= 11 is 1.50. The number of rotatable bonds is 7. The summed E-state index contributed by atoms with van der Waals surface area (Å²) in [5.74, 6) is 0. The van der Waals surface area contributed by atoms with Crippen LogP contribution in [0.4, 0.5) is 0 Å². The third kappa shape index (κ3) is 3.89. The van der Waals surface area contributed by atoms with Crippen LogP contribution in [0.15, 0.2) is 22.5 Å². The predicted molar refractivity (Wildman–Crippen MR) is 79.0 cm³/mol. The van der Waals surface area contributed by atoms with E-state index in [0.29, 0.717) is 6.54 Å². The summed E-state index contributed by atoms with van der Waals surface area (Å²) in [6, 6.07) is 1.64. The number of aromatic nitrogens is 2. The zero-order valence-electron chi connectivity index (χ0n) is 11.4. The second-order valence-electron chi connectivity index (χ2n) is 4.32. The number of sulfonamides is 1. The SMILES string of the molecule is CCNCc1cc(S(=O)(=O)NCc2csc(C)n2)c[nH]1. The summed E-state index contributed by atoms with van der Waals surface area (Å²) in [6.45, 7) is 5.56. The Balaban J connectivity index is 2.00. The molecule has 0 saturated carbocycles. The van der Waals surface area contributed by atoms with Crippen LogP contribution in [-0.4, -0.2) is 24.9 Å². The van der Waals surface area contributed by atoms with Gasteiger partial charge >= 0.3 is 0 Å². The maximum Gasteiger partial charge on any atom is 0.242 e. The zero-order valence-corrected chi connectivity index (χ0v) is 13.1. The highest BCUT2D eigenvalue weighted by molar-refractivity contribution is 7.89. The van der Waals surface area contributed by atoms with E-state index >= 15 is 0 Å². The van der Waals surface area contributed by atoms with E-state index in [-0.39, 0.29) is 11.4 Å². The third-order valence-electron chi connectivity index (χ3n) is 2.70. The van der Waals surface area contributed by atoms with Crippen LogP contribution in [0.1, 0.15) is 23.3 Å². The minimum atomic E-state index is -3.50. The van der Waals surface area contributed by atoms with Gasteiger partial charge < -0.3 is 10.3 Å². The van der Waals surface area contributed by atoms with Gasteiger partial charge in [0.2, 0.25) is 10.0 Å². The largest absolute Gasteiger partial charge is 0.363 e. The van der Waals surface area contributed by atoms with Crippen molar-refractivity contribution in [1.82, 2.24) is 20.0 Å². The number of aromatic amines is 1.